The molecule has 3 aromatic carbocycles. The van der Waals surface area contributed by atoms with Crippen molar-refractivity contribution < 1.29 is 13.3 Å². The summed E-state index contributed by atoms with van der Waals surface area (Å²) in [6.45, 7) is 0. The number of benzene rings is 3. The van der Waals surface area contributed by atoms with E-state index in [1.165, 1.54) is 12.1 Å². The van der Waals surface area contributed by atoms with Gasteiger partial charge in [-0.15, -0.1) is 4.83 Å². The number of nitro groups is 1. The molecule has 0 radical (unpaired) electrons. The van der Waals surface area contributed by atoms with Crippen molar-refractivity contribution in [3.05, 3.63) is 100 Å². The maximum Gasteiger partial charge on any atom is 0.269 e. The normalized spacial score (nSPS) is 15.5. The standard InChI is InChI=1S/C20H17N5O4S/c26-25(27)15-10-12-16(13-11-15)30(28,29)24-23-20-21-18-9-5-4-8-17(18)19(22-20)14-6-2-1-3-7-14/h1-13,19,24H,(H2,21,22,23)/t19-/m0/s1. The first kappa shape index (κ1) is 19.6. The summed E-state index contributed by atoms with van der Waals surface area (Å²) in [4.78, 5) is 16.9. The van der Waals surface area contributed by atoms with Crippen molar-refractivity contribution in [3.8, 4) is 0 Å². The van der Waals surface area contributed by atoms with E-state index in [1.807, 2.05) is 54.6 Å². The van der Waals surface area contributed by atoms with E-state index in [2.05, 4.69) is 20.6 Å². The molecule has 1 heterocycles. The highest BCUT2D eigenvalue weighted by molar-refractivity contribution is 7.89. The zero-order valence-corrected chi connectivity index (χ0v) is 16.3. The van der Waals surface area contributed by atoms with Crippen LogP contribution in [0.15, 0.2) is 88.8 Å². The number of aliphatic imine (C=N–C) groups is 1. The summed E-state index contributed by atoms with van der Waals surface area (Å²) in [6, 6.07) is 21.6. The van der Waals surface area contributed by atoms with Crippen molar-refractivity contribution in [2.75, 3.05) is 5.32 Å². The summed E-state index contributed by atoms with van der Waals surface area (Å²) in [5.74, 6) is 0.230. The molecule has 0 bridgehead atoms. The molecule has 0 amide bonds. The van der Waals surface area contributed by atoms with Crippen LogP contribution in [0.2, 0.25) is 0 Å². The van der Waals surface area contributed by atoms with Gasteiger partial charge in [0, 0.05) is 23.4 Å². The van der Waals surface area contributed by atoms with Crippen molar-refractivity contribution in [1.29, 1.82) is 0 Å². The number of hydrogen-bond acceptors (Lipinski definition) is 7. The highest BCUT2D eigenvalue weighted by atomic mass is 32.2. The van der Waals surface area contributed by atoms with Crippen molar-refractivity contribution in [2.24, 2.45) is 4.99 Å². The molecule has 152 valence electrons. The average molecular weight is 423 g/mol. The first-order valence-corrected chi connectivity index (χ1v) is 10.4. The fourth-order valence-electron chi connectivity index (χ4n) is 3.08. The van der Waals surface area contributed by atoms with Crippen LogP contribution in [0, 0.1) is 10.1 Å². The molecule has 1 aliphatic rings. The number of nitro benzene ring substituents is 1. The zero-order valence-electron chi connectivity index (χ0n) is 15.5. The van der Waals surface area contributed by atoms with Gasteiger partial charge in [0.05, 0.1) is 9.82 Å². The molecule has 3 N–H and O–H groups in total. The lowest BCUT2D eigenvalue weighted by Crippen LogP contribution is -2.46. The van der Waals surface area contributed by atoms with Crippen LogP contribution in [-0.2, 0) is 10.0 Å². The van der Waals surface area contributed by atoms with Crippen molar-refractivity contribution in [3.63, 3.8) is 0 Å². The van der Waals surface area contributed by atoms with Crippen LogP contribution < -0.4 is 15.6 Å². The average Bonchev–Trinajstić information content (AvgIpc) is 2.78. The Morgan fingerprint density at radius 3 is 2.30 bits per heavy atom. The van der Waals surface area contributed by atoms with E-state index >= 15 is 0 Å². The lowest BCUT2D eigenvalue weighted by Gasteiger charge is -2.26. The molecule has 9 nitrogen and oxygen atoms in total. The molecule has 0 fully saturated rings. The van der Waals surface area contributed by atoms with Gasteiger partial charge in [0.2, 0.25) is 5.96 Å². The molecular formula is C20H17N5O4S. The second kappa shape index (κ2) is 7.93. The van der Waals surface area contributed by atoms with Crippen LogP contribution in [0.25, 0.3) is 0 Å². The second-order valence-corrected chi connectivity index (χ2v) is 8.17. The predicted molar refractivity (Wildman–Crippen MR) is 112 cm³/mol. The Balaban J connectivity index is 1.57. The molecule has 1 aliphatic heterocycles. The number of anilines is 1. The molecule has 3 aromatic rings. The molecule has 0 spiro atoms. The second-order valence-electron chi connectivity index (χ2n) is 6.48. The lowest BCUT2D eigenvalue weighted by molar-refractivity contribution is -0.384. The Morgan fingerprint density at radius 2 is 1.60 bits per heavy atom. The molecule has 0 aromatic heterocycles. The Labute approximate surface area is 172 Å². The number of hydrogen-bond donors (Lipinski definition) is 3. The van der Waals surface area contributed by atoms with Gasteiger partial charge in [-0.2, -0.15) is 0 Å². The predicted octanol–water partition coefficient (Wildman–Crippen LogP) is 2.95. The van der Waals surface area contributed by atoms with Gasteiger partial charge in [-0.1, -0.05) is 48.5 Å². The van der Waals surface area contributed by atoms with Crippen LogP contribution in [-0.4, -0.2) is 19.3 Å². The quantitative estimate of drug-likeness (QED) is 0.428. The van der Waals surface area contributed by atoms with Gasteiger partial charge in [0.15, 0.2) is 0 Å². The van der Waals surface area contributed by atoms with E-state index in [9.17, 15) is 18.5 Å². The highest BCUT2D eigenvalue weighted by Crippen LogP contribution is 2.34. The number of nitrogens with zero attached hydrogens (tertiary/aromatic N) is 2. The third-order valence-electron chi connectivity index (χ3n) is 4.54. The first-order chi connectivity index (χ1) is 14.4. The molecule has 0 aliphatic carbocycles. The Hall–Kier alpha value is -3.76. The smallest absolute Gasteiger partial charge is 0.269 e. The fraction of sp³-hybridized carbons (Fsp3) is 0.0500. The molecule has 10 heteroatoms. The number of nitrogens with one attached hydrogen (secondary N) is 3. The molecule has 1 atom stereocenters. The van der Waals surface area contributed by atoms with E-state index in [1.54, 1.807) is 0 Å². The molecular weight excluding hydrogens is 406 g/mol. The summed E-state index contributed by atoms with van der Waals surface area (Å²) in [7, 11) is -3.97. The van der Waals surface area contributed by atoms with Crippen LogP contribution in [0.3, 0.4) is 0 Å². The topological polar surface area (TPSA) is 126 Å². The number of para-hydroxylation sites is 1. The van der Waals surface area contributed by atoms with Gasteiger partial charge in [0.1, 0.15) is 6.04 Å². The zero-order chi connectivity index (χ0) is 21.1. The number of sulfonamides is 1. The minimum Gasteiger partial charge on any atom is -0.325 e. The Bertz CT molecular complexity index is 1210. The maximum absolute atomic E-state index is 12.5. The SMILES string of the molecule is O=[N+]([O-])c1ccc(S(=O)(=O)NNC2=N[C@@H](c3ccccc3)c3ccccc3N2)cc1. The van der Waals surface area contributed by atoms with Crippen LogP contribution in [0.1, 0.15) is 17.2 Å². The van der Waals surface area contributed by atoms with Crippen molar-refractivity contribution in [2.45, 2.75) is 10.9 Å². The molecule has 0 saturated heterocycles. The van der Waals surface area contributed by atoms with Crippen LogP contribution in [0.5, 0.6) is 0 Å². The monoisotopic (exact) mass is 423 g/mol. The number of rotatable bonds is 5. The van der Waals surface area contributed by atoms with E-state index in [4.69, 9.17) is 0 Å². The van der Waals surface area contributed by atoms with Crippen molar-refractivity contribution >= 4 is 27.4 Å². The van der Waals surface area contributed by atoms with Gasteiger partial charge >= 0.3 is 0 Å². The number of fused-ring (bicyclic) bond motifs is 1. The summed E-state index contributed by atoms with van der Waals surface area (Å²) in [5.41, 5.74) is 5.14. The number of non-ortho nitro benzene ring substituents is 1. The fourth-order valence-corrected chi connectivity index (χ4v) is 3.93. The third kappa shape index (κ3) is 4.00. The van der Waals surface area contributed by atoms with E-state index in [0.717, 1.165) is 28.9 Å². The Morgan fingerprint density at radius 1 is 0.933 bits per heavy atom. The summed E-state index contributed by atoms with van der Waals surface area (Å²) in [6.07, 6.45) is 0. The molecule has 0 unspecified atom stereocenters. The number of hydrazine groups is 1. The first-order valence-electron chi connectivity index (χ1n) is 8.95. The van der Waals surface area contributed by atoms with E-state index < -0.39 is 14.9 Å². The van der Waals surface area contributed by atoms with Crippen LogP contribution >= 0.6 is 0 Å². The summed E-state index contributed by atoms with van der Waals surface area (Å²) < 4.78 is 25.1. The Kier molecular flexibility index (Phi) is 5.17. The largest absolute Gasteiger partial charge is 0.325 e. The van der Waals surface area contributed by atoms with Gasteiger partial charge < -0.3 is 5.32 Å². The molecule has 4 rings (SSSR count). The number of guanidine groups is 1. The highest BCUT2D eigenvalue weighted by Gasteiger charge is 2.24. The van der Waals surface area contributed by atoms with Gasteiger partial charge in [0.25, 0.3) is 15.7 Å². The minimum absolute atomic E-state index is 0.114. The lowest BCUT2D eigenvalue weighted by atomic mass is 9.97. The van der Waals surface area contributed by atoms with Gasteiger partial charge in [-0.25, -0.2) is 13.4 Å². The summed E-state index contributed by atoms with van der Waals surface area (Å²) in [5, 5.41) is 13.8. The minimum atomic E-state index is -3.97. The van der Waals surface area contributed by atoms with Crippen LogP contribution in [0.4, 0.5) is 11.4 Å². The van der Waals surface area contributed by atoms with Gasteiger partial charge in [-0.3, -0.25) is 15.5 Å². The molecule has 30 heavy (non-hydrogen) atoms. The van der Waals surface area contributed by atoms with Gasteiger partial charge in [-0.05, 0) is 23.8 Å². The summed E-state index contributed by atoms with van der Waals surface area (Å²) >= 11 is 0. The maximum atomic E-state index is 12.5. The third-order valence-corrected chi connectivity index (χ3v) is 5.81. The molecule has 0 saturated carbocycles. The van der Waals surface area contributed by atoms with Crippen molar-refractivity contribution in [1.82, 2.24) is 10.3 Å². The van der Waals surface area contributed by atoms with E-state index in [0.29, 0.717) is 0 Å². The van der Waals surface area contributed by atoms with E-state index in [-0.39, 0.29) is 22.6 Å².